The van der Waals surface area contributed by atoms with E-state index in [9.17, 15) is 0 Å². The van der Waals surface area contributed by atoms with Crippen LogP contribution in [0.15, 0.2) is 34.1 Å². The number of rotatable bonds is 2. The molecular weight excluding hydrogens is 382 g/mol. The van der Waals surface area contributed by atoms with Crippen molar-refractivity contribution >= 4 is 33.1 Å². The van der Waals surface area contributed by atoms with Crippen LogP contribution in [0.3, 0.4) is 0 Å². The monoisotopic (exact) mass is 401 g/mol. The molecule has 3 aromatic rings. The maximum atomic E-state index is 5.03. The summed E-state index contributed by atoms with van der Waals surface area (Å²) in [4.78, 5) is 1.23. The van der Waals surface area contributed by atoms with Gasteiger partial charge in [-0.2, -0.15) is 5.10 Å². The Labute approximate surface area is 154 Å². The molecule has 1 aromatic carbocycles. The van der Waals surface area contributed by atoms with E-state index in [2.05, 4.69) is 70.1 Å². The molecule has 0 saturated heterocycles. The van der Waals surface area contributed by atoms with Crippen molar-refractivity contribution < 1.29 is 0 Å². The van der Waals surface area contributed by atoms with Crippen molar-refractivity contribution in [3.8, 4) is 16.3 Å². The van der Waals surface area contributed by atoms with Crippen LogP contribution >= 0.6 is 27.3 Å². The largest absolute Gasteiger partial charge is 0.370 e. The van der Waals surface area contributed by atoms with Crippen LogP contribution in [-0.4, -0.2) is 16.3 Å². The Bertz CT molecular complexity index is 894. The highest BCUT2D eigenvalue weighted by Crippen LogP contribution is 2.38. The summed E-state index contributed by atoms with van der Waals surface area (Å²) in [6.45, 7) is 5.35. The molecular formula is C19H20BrN3S. The van der Waals surface area contributed by atoms with Gasteiger partial charge in [0.2, 0.25) is 0 Å². The number of nitrogens with one attached hydrogen (secondary N) is 1. The molecule has 3 heterocycles. The van der Waals surface area contributed by atoms with Crippen molar-refractivity contribution in [3.63, 3.8) is 0 Å². The first-order valence-electron chi connectivity index (χ1n) is 8.33. The Morgan fingerprint density at radius 3 is 2.83 bits per heavy atom. The summed E-state index contributed by atoms with van der Waals surface area (Å²) in [7, 11) is 0. The van der Waals surface area contributed by atoms with E-state index in [-0.39, 0.29) is 0 Å². The van der Waals surface area contributed by atoms with E-state index >= 15 is 0 Å². The van der Waals surface area contributed by atoms with E-state index in [1.807, 2.05) is 0 Å². The molecule has 5 heteroatoms. The summed E-state index contributed by atoms with van der Waals surface area (Å²) in [5, 5.41) is 8.66. The molecule has 3 nitrogen and oxygen atoms in total. The van der Waals surface area contributed by atoms with Crippen LogP contribution in [-0.2, 0) is 6.42 Å². The minimum absolute atomic E-state index is 1.01. The molecule has 0 atom stereocenters. The van der Waals surface area contributed by atoms with Crippen LogP contribution in [0.1, 0.15) is 29.5 Å². The molecule has 4 rings (SSSR count). The fraction of sp³-hybridized carbons (Fsp3) is 0.316. The topological polar surface area (TPSA) is 29.9 Å². The second kappa shape index (κ2) is 6.37. The van der Waals surface area contributed by atoms with Crippen molar-refractivity contribution in [2.75, 3.05) is 11.9 Å². The predicted molar refractivity (Wildman–Crippen MR) is 105 cm³/mol. The first kappa shape index (κ1) is 15.9. The van der Waals surface area contributed by atoms with Gasteiger partial charge in [-0.1, -0.05) is 12.1 Å². The highest BCUT2D eigenvalue weighted by Gasteiger charge is 2.23. The van der Waals surface area contributed by atoms with Gasteiger partial charge >= 0.3 is 0 Å². The van der Waals surface area contributed by atoms with Crippen molar-refractivity contribution in [2.45, 2.75) is 33.1 Å². The number of nitrogens with zero attached hydrogens (tertiary/aromatic N) is 2. The molecule has 124 valence electrons. The van der Waals surface area contributed by atoms with E-state index in [4.69, 9.17) is 5.10 Å². The Kier molecular flexibility index (Phi) is 4.22. The Morgan fingerprint density at radius 1 is 1.17 bits per heavy atom. The maximum Gasteiger partial charge on any atom is 0.133 e. The number of fused-ring (bicyclic) bond motifs is 1. The lowest BCUT2D eigenvalue weighted by Gasteiger charge is -2.13. The van der Waals surface area contributed by atoms with Crippen LogP contribution in [0.2, 0.25) is 0 Å². The molecule has 0 aliphatic carbocycles. The van der Waals surface area contributed by atoms with E-state index < -0.39 is 0 Å². The minimum atomic E-state index is 1.01. The molecule has 2 aromatic heterocycles. The van der Waals surface area contributed by atoms with Gasteiger partial charge in [-0.3, -0.25) is 0 Å². The highest BCUT2D eigenvalue weighted by molar-refractivity contribution is 9.11. The number of halogens is 1. The number of thiophene rings is 1. The molecule has 1 aliphatic heterocycles. The summed E-state index contributed by atoms with van der Waals surface area (Å²) in [5.74, 6) is 1.17. The number of aryl methyl sites for hydroxylation is 1. The second-order valence-electron chi connectivity index (χ2n) is 6.29. The summed E-state index contributed by atoms with van der Waals surface area (Å²) < 4.78 is 3.26. The summed E-state index contributed by atoms with van der Waals surface area (Å²) in [5.41, 5.74) is 6.22. The first-order valence-corrected chi connectivity index (χ1v) is 9.94. The normalized spacial score (nSPS) is 14.1. The highest BCUT2D eigenvalue weighted by atomic mass is 79.9. The fourth-order valence-corrected chi connectivity index (χ4v) is 4.68. The molecule has 0 radical (unpaired) electrons. The molecule has 24 heavy (non-hydrogen) atoms. The van der Waals surface area contributed by atoms with Crippen LogP contribution in [0.5, 0.6) is 0 Å². The SMILES string of the molecule is Cc1cccc(-n2nc(-c3ccc(Br)s3)c3c2NCCCC3)c1C. The van der Waals surface area contributed by atoms with Crippen molar-refractivity contribution in [1.29, 1.82) is 0 Å². The second-order valence-corrected chi connectivity index (χ2v) is 8.76. The van der Waals surface area contributed by atoms with Gasteiger partial charge in [0.05, 0.1) is 14.4 Å². The van der Waals surface area contributed by atoms with Gasteiger partial charge in [0.1, 0.15) is 11.5 Å². The summed E-state index contributed by atoms with van der Waals surface area (Å²) >= 11 is 5.33. The quantitative estimate of drug-likeness (QED) is 0.594. The molecule has 1 aliphatic rings. The van der Waals surface area contributed by atoms with E-state index in [1.54, 1.807) is 11.3 Å². The lowest BCUT2D eigenvalue weighted by atomic mass is 10.1. The maximum absolute atomic E-state index is 5.03. The van der Waals surface area contributed by atoms with Gasteiger partial charge in [0.25, 0.3) is 0 Å². The van der Waals surface area contributed by atoms with Gasteiger partial charge in [-0.05, 0) is 78.4 Å². The standard InChI is InChI=1S/C19H20BrN3S/c1-12-6-5-8-15(13(12)2)23-19-14(7-3-4-11-21-19)18(22-23)16-9-10-17(20)24-16/h5-6,8-10,21H,3-4,7,11H2,1-2H3. The average Bonchev–Trinajstić information content (AvgIpc) is 3.06. The Balaban J connectivity index is 1.94. The third kappa shape index (κ3) is 2.70. The average molecular weight is 402 g/mol. The number of anilines is 1. The summed E-state index contributed by atoms with van der Waals surface area (Å²) in [6.07, 6.45) is 3.49. The Morgan fingerprint density at radius 2 is 2.04 bits per heavy atom. The Hall–Kier alpha value is -1.59. The van der Waals surface area contributed by atoms with Crippen LogP contribution in [0, 0.1) is 13.8 Å². The third-order valence-corrected chi connectivity index (χ3v) is 6.37. The van der Waals surface area contributed by atoms with E-state index in [1.165, 1.54) is 45.9 Å². The van der Waals surface area contributed by atoms with Crippen molar-refractivity contribution in [2.24, 2.45) is 0 Å². The van der Waals surface area contributed by atoms with E-state index in [0.717, 1.165) is 22.4 Å². The molecule has 0 spiro atoms. The number of hydrogen-bond donors (Lipinski definition) is 1. The van der Waals surface area contributed by atoms with Crippen LogP contribution in [0.25, 0.3) is 16.3 Å². The number of benzene rings is 1. The van der Waals surface area contributed by atoms with Gasteiger partial charge < -0.3 is 5.32 Å². The van der Waals surface area contributed by atoms with Gasteiger partial charge in [-0.15, -0.1) is 11.3 Å². The predicted octanol–water partition coefficient (Wildman–Crippen LogP) is 5.73. The number of aromatic nitrogens is 2. The zero-order chi connectivity index (χ0) is 16.7. The molecule has 0 bridgehead atoms. The minimum Gasteiger partial charge on any atom is -0.370 e. The molecule has 1 N–H and O–H groups in total. The van der Waals surface area contributed by atoms with Crippen molar-refractivity contribution in [1.82, 2.24) is 9.78 Å². The van der Waals surface area contributed by atoms with Gasteiger partial charge in [0.15, 0.2) is 0 Å². The summed E-state index contributed by atoms with van der Waals surface area (Å²) in [6, 6.07) is 10.7. The van der Waals surface area contributed by atoms with Crippen molar-refractivity contribution in [3.05, 3.63) is 50.8 Å². The lowest BCUT2D eigenvalue weighted by Crippen LogP contribution is -2.08. The number of hydrogen-bond acceptors (Lipinski definition) is 3. The van der Waals surface area contributed by atoms with Gasteiger partial charge in [0, 0.05) is 12.1 Å². The zero-order valence-electron chi connectivity index (χ0n) is 13.9. The smallest absolute Gasteiger partial charge is 0.133 e. The van der Waals surface area contributed by atoms with Crippen LogP contribution in [0.4, 0.5) is 5.82 Å². The van der Waals surface area contributed by atoms with E-state index in [0.29, 0.717) is 0 Å². The third-order valence-electron chi connectivity index (χ3n) is 4.74. The first-order chi connectivity index (χ1) is 11.6. The fourth-order valence-electron chi connectivity index (χ4n) is 3.28. The molecule has 0 amide bonds. The molecule has 0 fully saturated rings. The van der Waals surface area contributed by atoms with Crippen LogP contribution < -0.4 is 5.32 Å². The zero-order valence-corrected chi connectivity index (χ0v) is 16.3. The lowest BCUT2D eigenvalue weighted by molar-refractivity contribution is 0.780. The van der Waals surface area contributed by atoms with Gasteiger partial charge in [-0.25, -0.2) is 4.68 Å². The molecule has 0 unspecified atom stereocenters. The molecule has 0 saturated carbocycles.